The number of benzene rings is 1. The molecule has 0 fully saturated rings. The van der Waals surface area contributed by atoms with E-state index in [1.54, 1.807) is 24.3 Å². The van der Waals surface area contributed by atoms with Gasteiger partial charge < -0.3 is 9.47 Å². The van der Waals surface area contributed by atoms with Crippen molar-refractivity contribution >= 4 is 17.8 Å². The van der Waals surface area contributed by atoms with Crippen LogP contribution in [0.15, 0.2) is 36.5 Å². The van der Waals surface area contributed by atoms with Crippen molar-refractivity contribution in [3.05, 3.63) is 58.8 Å². The van der Waals surface area contributed by atoms with Crippen molar-refractivity contribution in [3.8, 4) is 5.88 Å². The molecule has 2 heterocycles. The summed E-state index contributed by atoms with van der Waals surface area (Å²) in [5.74, 6) is -0.911. The Kier molecular flexibility index (Phi) is 4.47. The number of pyridine rings is 1. The number of carbonyl (C=O) groups excluding carboxylic acids is 3. The van der Waals surface area contributed by atoms with Crippen molar-refractivity contribution in [2.24, 2.45) is 0 Å². The summed E-state index contributed by atoms with van der Waals surface area (Å²) in [6.45, 7) is 0.143. The number of nitrogens with zero attached hydrogens (tertiary/aromatic N) is 2. The topological polar surface area (TPSA) is 85.8 Å². The zero-order chi connectivity index (χ0) is 18.0. The van der Waals surface area contributed by atoms with Gasteiger partial charge in [-0.1, -0.05) is 12.1 Å². The molecule has 2 amide bonds. The summed E-state index contributed by atoms with van der Waals surface area (Å²) in [5, 5.41) is 0. The van der Waals surface area contributed by atoms with E-state index in [0.717, 1.165) is 0 Å². The van der Waals surface area contributed by atoms with Gasteiger partial charge in [-0.05, 0) is 24.1 Å². The molecule has 1 aromatic carbocycles. The average molecular weight is 340 g/mol. The second-order valence-electron chi connectivity index (χ2n) is 5.43. The van der Waals surface area contributed by atoms with E-state index in [2.05, 4.69) is 4.98 Å². The SMILES string of the molecule is COC(=O)c1cc(OC)ncc1CCN1C(=O)c2ccccc2C1=O. The molecular weight excluding hydrogens is 324 g/mol. The largest absolute Gasteiger partial charge is 0.481 e. The molecule has 7 heteroatoms. The normalized spacial score (nSPS) is 13.0. The van der Waals surface area contributed by atoms with Crippen molar-refractivity contribution in [1.29, 1.82) is 0 Å². The van der Waals surface area contributed by atoms with E-state index in [-0.39, 0.29) is 30.7 Å². The third kappa shape index (κ3) is 2.96. The summed E-state index contributed by atoms with van der Waals surface area (Å²) in [5.41, 5.74) is 1.66. The number of methoxy groups -OCH3 is 2. The predicted molar refractivity (Wildman–Crippen MR) is 87.6 cm³/mol. The summed E-state index contributed by atoms with van der Waals surface area (Å²) in [6.07, 6.45) is 1.77. The van der Waals surface area contributed by atoms with Gasteiger partial charge in [-0.2, -0.15) is 0 Å². The number of carbonyl (C=O) groups is 3. The van der Waals surface area contributed by atoms with Gasteiger partial charge >= 0.3 is 5.97 Å². The minimum atomic E-state index is -0.530. The predicted octanol–water partition coefficient (Wildman–Crippen LogP) is 1.72. The molecule has 0 atom stereocenters. The molecule has 7 nitrogen and oxygen atoms in total. The molecule has 0 aliphatic carbocycles. The maximum Gasteiger partial charge on any atom is 0.338 e. The van der Waals surface area contributed by atoms with Gasteiger partial charge in [0.15, 0.2) is 0 Å². The molecule has 0 spiro atoms. The minimum Gasteiger partial charge on any atom is -0.481 e. The first-order valence-electron chi connectivity index (χ1n) is 7.63. The van der Waals surface area contributed by atoms with E-state index >= 15 is 0 Å². The molecule has 3 rings (SSSR count). The van der Waals surface area contributed by atoms with Crippen LogP contribution in [0.2, 0.25) is 0 Å². The lowest BCUT2D eigenvalue weighted by atomic mass is 10.1. The molecule has 0 bridgehead atoms. The van der Waals surface area contributed by atoms with E-state index in [9.17, 15) is 14.4 Å². The number of amides is 2. The number of imide groups is 1. The van der Waals surface area contributed by atoms with Gasteiger partial charge in [0.2, 0.25) is 5.88 Å². The Morgan fingerprint density at radius 1 is 1.12 bits per heavy atom. The van der Waals surface area contributed by atoms with Crippen LogP contribution in [0.25, 0.3) is 0 Å². The quantitative estimate of drug-likeness (QED) is 0.608. The first kappa shape index (κ1) is 16.6. The summed E-state index contributed by atoms with van der Waals surface area (Å²) in [4.78, 5) is 42.0. The average Bonchev–Trinajstić information content (AvgIpc) is 2.90. The zero-order valence-corrected chi connectivity index (χ0v) is 13.8. The molecule has 1 aliphatic rings. The number of esters is 1. The van der Waals surface area contributed by atoms with Crippen LogP contribution in [0.1, 0.15) is 36.6 Å². The van der Waals surface area contributed by atoms with Gasteiger partial charge in [-0.3, -0.25) is 14.5 Å². The van der Waals surface area contributed by atoms with Crippen LogP contribution in [0.3, 0.4) is 0 Å². The zero-order valence-electron chi connectivity index (χ0n) is 13.8. The first-order chi connectivity index (χ1) is 12.1. The van der Waals surface area contributed by atoms with Gasteiger partial charge in [0.1, 0.15) is 0 Å². The van der Waals surface area contributed by atoms with Gasteiger partial charge in [-0.15, -0.1) is 0 Å². The lowest BCUT2D eigenvalue weighted by molar-refractivity contribution is 0.0598. The van der Waals surface area contributed by atoms with Crippen LogP contribution in [0.4, 0.5) is 0 Å². The van der Waals surface area contributed by atoms with E-state index in [1.807, 2.05) is 0 Å². The molecule has 0 unspecified atom stereocenters. The number of fused-ring (bicyclic) bond motifs is 1. The fourth-order valence-corrected chi connectivity index (χ4v) is 2.75. The van der Waals surface area contributed by atoms with Crippen LogP contribution in [-0.4, -0.2) is 48.4 Å². The Labute approximate surface area is 144 Å². The summed E-state index contributed by atoms with van der Waals surface area (Å²) >= 11 is 0. The molecule has 128 valence electrons. The summed E-state index contributed by atoms with van der Waals surface area (Å²) in [6, 6.07) is 8.17. The molecular formula is C18H16N2O5. The minimum absolute atomic E-state index is 0.143. The molecule has 1 aromatic heterocycles. The number of ether oxygens (including phenoxy) is 2. The van der Waals surface area contributed by atoms with Crippen LogP contribution in [0.5, 0.6) is 5.88 Å². The molecule has 0 N–H and O–H groups in total. The van der Waals surface area contributed by atoms with Crippen molar-refractivity contribution in [1.82, 2.24) is 9.88 Å². The number of hydrogen-bond donors (Lipinski definition) is 0. The fraction of sp³-hybridized carbons (Fsp3) is 0.222. The second kappa shape index (κ2) is 6.72. The highest BCUT2D eigenvalue weighted by Gasteiger charge is 2.34. The van der Waals surface area contributed by atoms with E-state index in [4.69, 9.17) is 9.47 Å². The number of hydrogen-bond acceptors (Lipinski definition) is 6. The van der Waals surface area contributed by atoms with E-state index < -0.39 is 5.97 Å². The van der Waals surface area contributed by atoms with Gasteiger partial charge in [0, 0.05) is 18.8 Å². The lowest BCUT2D eigenvalue weighted by Gasteiger charge is -2.15. The Bertz CT molecular complexity index is 827. The highest BCUT2D eigenvalue weighted by molar-refractivity contribution is 6.21. The summed E-state index contributed by atoms with van der Waals surface area (Å²) in [7, 11) is 2.73. The highest BCUT2D eigenvalue weighted by Crippen LogP contribution is 2.23. The third-order valence-corrected chi connectivity index (χ3v) is 4.06. The van der Waals surface area contributed by atoms with Crippen molar-refractivity contribution in [2.45, 2.75) is 6.42 Å². The number of rotatable bonds is 5. The Morgan fingerprint density at radius 3 is 2.32 bits per heavy atom. The second-order valence-corrected chi connectivity index (χ2v) is 5.43. The Balaban J connectivity index is 1.82. The highest BCUT2D eigenvalue weighted by atomic mass is 16.5. The van der Waals surface area contributed by atoms with Gasteiger partial charge in [0.25, 0.3) is 11.8 Å². The van der Waals surface area contributed by atoms with Crippen LogP contribution in [0, 0.1) is 0 Å². The van der Waals surface area contributed by atoms with E-state index in [0.29, 0.717) is 22.3 Å². The lowest BCUT2D eigenvalue weighted by Crippen LogP contribution is -2.32. The standard InChI is InChI=1S/C18H16N2O5/c1-24-15-9-14(18(23)25-2)11(10-19-15)7-8-20-16(21)12-5-3-4-6-13(12)17(20)22/h3-6,9-10H,7-8H2,1-2H3. The molecule has 0 radical (unpaired) electrons. The van der Waals surface area contributed by atoms with Gasteiger partial charge in [0.05, 0.1) is 30.9 Å². The van der Waals surface area contributed by atoms with Crippen molar-refractivity contribution in [2.75, 3.05) is 20.8 Å². The molecule has 0 saturated heterocycles. The fourth-order valence-electron chi connectivity index (χ4n) is 2.75. The molecule has 1 aliphatic heterocycles. The van der Waals surface area contributed by atoms with Crippen molar-refractivity contribution < 1.29 is 23.9 Å². The smallest absolute Gasteiger partial charge is 0.338 e. The summed E-state index contributed by atoms with van der Waals surface area (Å²) < 4.78 is 9.79. The van der Waals surface area contributed by atoms with Crippen molar-refractivity contribution in [3.63, 3.8) is 0 Å². The maximum absolute atomic E-state index is 12.4. The molecule has 0 saturated carbocycles. The van der Waals surface area contributed by atoms with Crippen LogP contribution >= 0.6 is 0 Å². The van der Waals surface area contributed by atoms with Gasteiger partial charge in [-0.25, -0.2) is 9.78 Å². The first-order valence-corrected chi connectivity index (χ1v) is 7.63. The Morgan fingerprint density at radius 2 is 1.76 bits per heavy atom. The molecule has 25 heavy (non-hydrogen) atoms. The third-order valence-electron chi connectivity index (χ3n) is 4.06. The maximum atomic E-state index is 12.4. The van der Waals surface area contributed by atoms with Crippen LogP contribution in [-0.2, 0) is 11.2 Å². The number of aromatic nitrogens is 1. The van der Waals surface area contributed by atoms with E-state index in [1.165, 1.54) is 31.4 Å². The monoisotopic (exact) mass is 340 g/mol. The van der Waals surface area contributed by atoms with Crippen LogP contribution < -0.4 is 4.74 Å². The Hall–Kier alpha value is -3.22. The molecule has 2 aromatic rings.